The van der Waals surface area contributed by atoms with Crippen LogP contribution in [0, 0.1) is 0 Å². The van der Waals surface area contributed by atoms with Gasteiger partial charge >= 0.3 is 0 Å². The van der Waals surface area contributed by atoms with Gasteiger partial charge < -0.3 is 16.2 Å². The highest BCUT2D eigenvalue weighted by Gasteiger charge is 2.28. The third-order valence-electron chi connectivity index (χ3n) is 3.27. The second-order valence-corrected chi connectivity index (χ2v) is 4.94. The van der Waals surface area contributed by atoms with Crippen molar-refractivity contribution in [1.82, 2.24) is 5.32 Å². The number of carbonyl (C=O) groups is 1. The Bertz CT molecular complexity index is 598. The summed E-state index contributed by atoms with van der Waals surface area (Å²) >= 11 is 0. The Morgan fingerprint density at radius 1 is 1.20 bits per heavy atom. The fourth-order valence-corrected chi connectivity index (χ4v) is 2.01. The van der Waals surface area contributed by atoms with Gasteiger partial charge in [-0.25, -0.2) is 0 Å². The van der Waals surface area contributed by atoms with Crippen LogP contribution in [-0.2, 0) is 5.54 Å². The van der Waals surface area contributed by atoms with Gasteiger partial charge in [0.25, 0.3) is 5.91 Å². The SMILES string of the molecule is CC(CO)(NC(=O)c1cccc(N)c1)c1ccccc1. The van der Waals surface area contributed by atoms with Crippen molar-refractivity contribution in [3.05, 3.63) is 65.7 Å². The summed E-state index contributed by atoms with van der Waals surface area (Å²) in [4.78, 5) is 12.3. The summed E-state index contributed by atoms with van der Waals surface area (Å²) in [6, 6.07) is 16.1. The van der Waals surface area contributed by atoms with Gasteiger partial charge in [0.1, 0.15) is 0 Å². The molecule has 4 heteroatoms. The van der Waals surface area contributed by atoms with Crippen LogP contribution in [0.15, 0.2) is 54.6 Å². The molecule has 1 amide bonds. The monoisotopic (exact) mass is 270 g/mol. The van der Waals surface area contributed by atoms with E-state index in [9.17, 15) is 9.90 Å². The predicted octanol–water partition coefficient (Wildman–Crippen LogP) is 1.91. The molecule has 2 rings (SSSR count). The fraction of sp³-hybridized carbons (Fsp3) is 0.188. The second kappa shape index (κ2) is 5.75. The van der Waals surface area contributed by atoms with E-state index in [-0.39, 0.29) is 12.5 Å². The number of nitrogen functional groups attached to an aromatic ring is 1. The van der Waals surface area contributed by atoms with E-state index in [0.29, 0.717) is 11.3 Å². The maximum absolute atomic E-state index is 12.3. The molecule has 1 unspecified atom stereocenters. The van der Waals surface area contributed by atoms with Gasteiger partial charge in [-0.3, -0.25) is 4.79 Å². The number of nitrogens with one attached hydrogen (secondary N) is 1. The lowest BCUT2D eigenvalue weighted by Crippen LogP contribution is -2.46. The average molecular weight is 270 g/mol. The van der Waals surface area contributed by atoms with Gasteiger partial charge in [0.15, 0.2) is 0 Å². The maximum atomic E-state index is 12.3. The molecule has 2 aromatic rings. The first-order valence-electron chi connectivity index (χ1n) is 6.39. The molecule has 4 nitrogen and oxygen atoms in total. The lowest BCUT2D eigenvalue weighted by atomic mass is 9.92. The topological polar surface area (TPSA) is 75.3 Å². The Kier molecular flexibility index (Phi) is 4.05. The average Bonchev–Trinajstić information content (AvgIpc) is 2.48. The Labute approximate surface area is 118 Å². The van der Waals surface area contributed by atoms with Crippen LogP contribution in [0.25, 0.3) is 0 Å². The number of rotatable bonds is 4. The lowest BCUT2D eigenvalue weighted by molar-refractivity contribution is 0.0849. The highest BCUT2D eigenvalue weighted by atomic mass is 16.3. The minimum Gasteiger partial charge on any atom is -0.399 e. The first kappa shape index (κ1) is 14.1. The van der Waals surface area contributed by atoms with Crippen LogP contribution in [0.4, 0.5) is 5.69 Å². The van der Waals surface area contributed by atoms with Crippen molar-refractivity contribution in [3.63, 3.8) is 0 Å². The summed E-state index contributed by atoms with van der Waals surface area (Å²) in [7, 11) is 0. The zero-order valence-electron chi connectivity index (χ0n) is 11.3. The van der Waals surface area contributed by atoms with E-state index in [1.807, 2.05) is 30.3 Å². The molecule has 0 bridgehead atoms. The first-order chi connectivity index (χ1) is 9.55. The van der Waals surface area contributed by atoms with E-state index in [4.69, 9.17) is 5.73 Å². The third kappa shape index (κ3) is 2.97. The molecular weight excluding hydrogens is 252 g/mol. The van der Waals surface area contributed by atoms with Crippen molar-refractivity contribution in [3.8, 4) is 0 Å². The van der Waals surface area contributed by atoms with Crippen LogP contribution in [-0.4, -0.2) is 17.6 Å². The van der Waals surface area contributed by atoms with Crippen LogP contribution >= 0.6 is 0 Å². The maximum Gasteiger partial charge on any atom is 0.252 e. The minimum atomic E-state index is -0.830. The van der Waals surface area contributed by atoms with Crippen LogP contribution in [0.2, 0.25) is 0 Å². The molecule has 0 heterocycles. The number of hydrogen-bond acceptors (Lipinski definition) is 3. The van der Waals surface area contributed by atoms with Crippen LogP contribution in [0.5, 0.6) is 0 Å². The molecule has 2 aromatic carbocycles. The highest BCUT2D eigenvalue weighted by Crippen LogP contribution is 2.20. The van der Waals surface area contributed by atoms with Gasteiger partial charge in [0, 0.05) is 11.3 Å². The summed E-state index contributed by atoms with van der Waals surface area (Å²) in [5, 5.41) is 12.5. The number of benzene rings is 2. The Morgan fingerprint density at radius 2 is 1.90 bits per heavy atom. The smallest absolute Gasteiger partial charge is 0.252 e. The van der Waals surface area contributed by atoms with Crippen molar-refractivity contribution in [2.75, 3.05) is 12.3 Å². The van der Waals surface area contributed by atoms with E-state index < -0.39 is 5.54 Å². The molecular formula is C16H18N2O2. The fourth-order valence-electron chi connectivity index (χ4n) is 2.01. The summed E-state index contributed by atoms with van der Waals surface area (Å²) in [5.41, 5.74) is 6.69. The standard InChI is InChI=1S/C16H18N2O2/c1-16(11-19,13-7-3-2-4-8-13)18-15(20)12-6-5-9-14(17)10-12/h2-10,19H,11,17H2,1H3,(H,18,20). The number of nitrogens with two attached hydrogens (primary N) is 1. The number of anilines is 1. The van der Waals surface area contributed by atoms with Crippen molar-refractivity contribution >= 4 is 11.6 Å². The van der Waals surface area contributed by atoms with Gasteiger partial charge in [-0.1, -0.05) is 36.4 Å². The minimum absolute atomic E-state index is 0.189. The van der Waals surface area contributed by atoms with Crippen LogP contribution in [0.1, 0.15) is 22.8 Å². The van der Waals surface area contributed by atoms with Crippen molar-refractivity contribution in [2.45, 2.75) is 12.5 Å². The summed E-state index contributed by atoms with van der Waals surface area (Å²) in [6.45, 7) is 1.59. The summed E-state index contributed by atoms with van der Waals surface area (Å²) < 4.78 is 0. The normalized spacial score (nSPS) is 13.5. The molecule has 0 spiro atoms. The number of amides is 1. The molecule has 4 N–H and O–H groups in total. The molecule has 0 aromatic heterocycles. The van der Waals surface area contributed by atoms with E-state index >= 15 is 0 Å². The van der Waals surface area contributed by atoms with Crippen molar-refractivity contribution in [1.29, 1.82) is 0 Å². The Hall–Kier alpha value is -2.33. The van der Waals surface area contributed by atoms with Gasteiger partial charge in [0.05, 0.1) is 12.1 Å². The number of hydrogen-bond donors (Lipinski definition) is 3. The van der Waals surface area contributed by atoms with E-state index in [1.165, 1.54) is 0 Å². The summed E-state index contributed by atoms with van der Waals surface area (Å²) in [5.74, 6) is -0.266. The first-order valence-corrected chi connectivity index (χ1v) is 6.39. The molecule has 104 valence electrons. The third-order valence-corrected chi connectivity index (χ3v) is 3.27. The zero-order valence-corrected chi connectivity index (χ0v) is 11.3. The lowest BCUT2D eigenvalue weighted by Gasteiger charge is -2.29. The Balaban J connectivity index is 2.24. The van der Waals surface area contributed by atoms with Crippen LogP contribution in [0.3, 0.4) is 0 Å². The highest BCUT2D eigenvalue weighted by molar-refractivity contribution is 5.95. The van der Waals surface area contributed by atoms with Gasteiger partial charge in [-0.2, -0.15) is 0 Å². The van der Waals surface area contributed by atoms with Crippen LogP contribution < -0.4 is 11.1 Å². The van der Waals surface area contributed by atoms with E-state index in [1.54, 1.807) is 31.2 Å². The summed E-state index contributed by atoms with van der Waals surface area (Å²) in [6.07, 6.45) is 0. The number of aliphatic hydroxyl groups excluding tert-OH is 1. The van der Waals surface area contributed by atoms with Crippen molar-refractivity contribution < 1.29 is 9.90 Å². The number of aliphatic hydroxyl groups is 1. The second-order valence-electron chi connectivity index (χ2n) is 4.94. The molecule has 0 aliphatic carbocycles. The largest absolute Gasteiger partial charge is 0.399 e. The predicted molar refractivity (Wildman–Crippen MR) is 79.2 cm³/mol. The molecule has 1 atom stereocenters. The quantitative estimate of drug-likeness (QED) is 0.743. The van der Waals surface area contributed by atoms with E-state index in [2.05, 4.69) is 5.32 Å². The molecule has 0 saturated heterocycles. The molecule has 20 heavy (non-hydrogen) atoms. The molecule has 0 saturated carbocycles. The molecule has 0 aliphatic heterocycles. The Morgan fingerprint density at radius 3 is 2.50 bits per heavy atom. The zero-order chi connectivity index (χ0) is 14.6. The van der Waals surface area contributed by atoms with E-state index in [0.717, 1.165) is 5.56 Å². The molecule has 0 fully saturated rings. The van der Waals surface area contributed by atoms with Crippen molar-refractivity contribution in [2.24, 2.45) is 0 Å². The van der Waals surface area contributed by atoms with Gasteiger partial charge in [-0.05, 0) is 30.7 Å². The van der Waals surface area contributed by atoms with Gasteiger partial charge in [-0.15, -0.1) is 0 Å². The molecule has 0 radical (unpaired) electrons. The number of carbonyl (C=O) groups excluding carboxylic acids is 1. The molecule has 0 aliphatic rings. The van der Waals surface area contributed by atoms with Gasteiger partial charge in [0.2, 0.25) is 0 Å².